The summed E-state index contributed by atoms with van der Waals surface area (Å²) in [6.07, 6.45) is 2.32. The molecule has 0 saturated heterocycles. The molecule has 0 aliphatic carbocycles. The van der Waals surface area contributed by atoms with Crippen LogP contribution in [0.3, 0.4) is 0 Å². The van der Waals surface area contributed by atoms with E-state index in [1.54, 1.807) is 0 Å². The third-order valence-electron chi connectivity index (χ3n) is 2.23. The van der Waals surface area contributed by atoms with Gasteiger partial charge >= 0.3 is 0 Å². The standard InChI is InChI=1S/C11H17N.ClH/c1-3-11(12-2)9-10-7-5-4-6-8-10;/h4-8,11-12H,3,9H2,1-2H3;1H. The van der Waals surface area contributed by atoms with Crippen LogP contribution in [0.2, 0.25) is 0 Å². The predicted octanol–water partition coefficient (Wildman–Crippen LogP) is 2.65. The second kappa shape index (κ2) is 6.93. The Kier molecular flexibility index (Phi) is 6.65. The quantitative estimate of drug-likeness (QED) is 0.787. The van der Waals surface area contributed by atoms with E-state index >= 15 is 0 Å². The van der Waals surface area contributed by atoms with E-state index in [1.165, 1.54) is 12.0 Å². The van der Waals surface area contributed by atoms with E-state index in [4.69, 9.17) is 0 Å². The Bertz CT molecular complexity index is 207. The van der Waals surface area contributed by atoms with Crippen LogP contribution in [0.25, 0.3) is 0 Å². The van der Waals surface area contributed by atoms with Crippen LogP contribution in [-0.4, -0.2) is 13.1 Å². The van der Waals surface area contributed by atoms with Crippen LogP contribution >= 0.6 is 12.4 Å². The van der Waals surface area contributed by atoms with Crippen LogP contribution in [0, 0.1) is 0 Å². The lowest BCUT2D eigenvalue weighted by molar-refractivity contribution is 0.543. The lowest BCUT2D eigenvalue weighted by Crippen LogP contribution is -2.26. The third kappa shape index (κ3) is 4.30. The van der Waals surface area contributed by atoms with E-state index in [0.29, 0.717) is 6.04 Å². The minimum Gasteiger partial charge on any atom is -0.317 e. The molecule has 2 heteroatoms. The third-order valence-corrected chi connectivity index (χ3v) is 2.23. The first-order chi connectivity index (χ1) is 5.86. The zero-order valence-corrected chi connectivity index (χ0v) is 9.10. The summed E-state index contributed by atoms with van der Waals surface area (Å²) in [4.78, 5) is 0. The molecule has 1 aromatic rings. The molecule has 0 saturated carbocycles. The molecule has 74 valence electrons. The average Bonchev–Trinajstić information content (AvgIpc) is 2.16. The molecule has 0 heterocycles. The molecule has 0 amide bonds. The normalized spacial score (nSPS) is 11.8. The molecule has 1 unspecified atom stereocenters. The number of hydrogen-bond donors (Lipinski definition) is 1. The van der Waals surface area contributed by atoms with Crippen molar-refractivity contribution in [3.63, 3.8) is 0 Å². The molecule has 1 N–H and O–H groups in total. The summed E-state index contributed by atoms with van der Waals surface area (Å²) in [7, 11) is 2.02. The second-order valence-electron chi connectivity index (χ2n) is 3.08. The van der Waals surface area contributed by atoms with Gasteiger partial charge in [0, 0.05) is 6.04 Å². The highest BCUT2D eigenvalue weighted by molar-refractivity contribution is 5.85. The van der Waals surface area contributed by atoms with Crippen molar-refractivity contribution < 1.29 is 0 Å². The predicted molar refractivity (Wildman–Crippen MR) is 60.5 cm³/mol. The molecule has 0 radical (unpaired) electrons. The molecule has 1 aromatic carbocycles. The van der Waals surface area contributed by atoms with Crippen LogP contribution in [0.1, 0.15) is 18.9 Å². The number of hydrogen-bond acceptors (Lipinski definition) is 1. The number of halogens is 1. The molecule has 0 aromatic heterocycles. The van der Waals surface area contributed by atoms with Gasteiger partial charge in [-0.1, -0.05) is 37.3 Å². The smallest absolute Gasteiger partial charge is 0.0102 e. The first kappa shape index (κ1) is 12.5. The van der Waals surface area contributed by atoms with E-state index < -0.39 is 0 Å². The van der Waals surface area contributed by atoms with E-state index in [9.17, 15) is 0 Å². The lowest BCUT2D eigenvalue weighted by atomic mass is 10.0. The molecule has 0 aliphatic heterocycles. The minimum absolute atomic E-state index is 0. The molecule has 0 fully saturated rings. The van der Waals surface area contributed by atoms with Crippen molar-refractivity contribution in [1.29, 1.82) is 0 Å². The highest BCUT2D eigenvalue weighted by Crippen LogP contribution is 2.04. The molecule has 1 atom stereocenters. The molecule has 0 bridgehead atoms. The maximum Gasteiger partial charge on any atom is 0.0102 e. The van der Waals surface area contributed by atoms with Crippen molar-refractivity contribution in [3.8, 4) is 0 Å². The van der Waals surface area contributed by atoms with Gasteiger partial charge in [0.1, 0.15) is 0 Å². The number of rotatable bonds is 4. The molecule has 1 rings (SSSR count). The summed E-state index contributed by atoms with van der Waals surface area (Å²) >= 11 is 0. The maximum atomic E-state index is 3.30. The van der Waals surface area contributed by atoms with Gasteiger partial charge in [-0.05, 0) is 25.5 Å². The molecule has 1 nitrogen and oxygen atoms in total. The van der Waals surface area contributed by atoms with Gasteiger partial charge in [0.25, 0.3) is 0 Å². The summed E-state index contributed by atoms with van der Waals surface area (Å²) in [5, 5.41) is 3.30. The lowest BCUT2D eigenvalue weighted by Gasteiger charge is -2.13. The fourth-order valence-electron chi connectivity index (χ4n) is 1.35. The van der Waals surface area contributed by atoms with Crippen molar-refractivity contribution in [3.05, 3.63) is 35.9 Å². The Morgan fingerprint density at radius 2 is 1.85 bits per heavy atom. The largest absolute Gasteiger partial charge is 0.317 e. The fourth-order valence-corrected chi connectivity index (χ4v) is 1.35. The van der Waals surface area contributed by atoms with Gasteiger partial charge in [0.15, 0.2) is 0 Å². The van der Waals surface area contributed by atoms with Crippen LogP contribution in [-0.2, 0) is 6.42 Å². The van der Waals surface area contributed by atoms with Crippen LogP contribution < -0.4 is 5.32 Å². The summed E-state index contributed by atoms with van der Waals surface area (Å²) in [5.74, 6) is 0. The fraction of sp³-hybridized carbons (Fsp3) is 0.455. The molecular formula is C11H18ClN. The van der Waals surface area contributed by atoms with E-state index in [1.807, 2.05) is 7.05 Å². The monoisotopic (exact) mass is 199 g/mol. The van der Waals surface area contributed by atoms with Crippen molar-refractivity contribution in [1.82, 2.24) is 5.32 Å². The van der Waals surface area contributed by atoms with Crippen molar-refractivity contribution >= 4 is 12.4 Å². The van der Waals surface area contributed by atoms with E-state index in [2.05, 4.69) is 42.6 Å². The van der Waals surface area contributed by atoms with Crippen LogP contribution in [0.5, 0.6) is 0 Å². The number of nitrogens with one attached hydrogen (secondary N) is 1. The van der Waals surface area contributed by atoms with Gasteiger partial charge in [-0.3, -0.25) is 0 Å². The highest BCUT2D eigenvalue weighted by atomic mass is 35.5. The summed E-state index contributed by atoms with van der Waals surface area (Å²) in [6.45, 7) is 2.21. The van der Waals surface area contributed by atoms with Gasteiger partial charge in [0.05, 0.1) is 0 Å². The van der Waals surface area contributed by atoms with Crippen molar-refractivity contribution in [2.75, 3.05) is 7.05 Å². The van der Waals surface area contributed by atoms with Crippen LogP contribution in [0.4, 0.5) is 0 Å². The zero-order valence-electron chi connectivity index (χ0n) is 8.29. The van der Waals surface area contributed by atoms with Gasteiger partial charge in [-0.2, -0.15) is 0 Å². The minimum atomic E-state index is 0. The van der Waals surface area contributed by atoms with Gasteiger partial charge < -0.3 is 5.32 Å². The molecule has 0 aliphatic rings. The number of benzene rings is 1. The zero-order chi connectivity index (χ0) is 8.81. The Labute approximate surface area is 87.0 Å². The molecular weight excluding hydrogens is 182 g/mol. The molecule has 13 heavy (non-hydrogen) atoms. The Balaban J connectivity index is 0.00000144. The van der Waals surface area contributed by atoms with Gasteiger partial charge in [0.2, 0.25) is 0 Å². The van der Waals surface area contributed by atoms with Gasteiger partial charge in [-0.25, -0.2) is 0 Å². The van der Waals surface area contributed by atoms with Crippen molar-refractivity contribution in [2.45, 2.75) is 25.8 Å². The van der Waals surface area contributed by atoms with Crippen molar-refractivity contribution in [2.24, 2.45) is 0 Å². The Morgan fingerprint density at radius 3 is 2.31 bits per heavy atom. The summed E-state index contributed by atoms with van der Waals surface area (Å²) in [6, 6.07) is 11.2. The highest BCUT2D eigenvalue weighted by Gasteiger charge is 2.02. The topological polar surface area (TPSA) is 12.0 Å². The first-order valence-corrected chi connectivity index (χ1v) is 4.58. The summed E-state index contributed by atoms with van der Waals surface area (Å²) in [5.41, 5.74) is 1.42. The second-order valence-corrected chi connectivity index (χ2v) is 3.08. The average molecular weight is 200 g/mol. The SMILES string of the molecule is CCC(Cc1ccccc1)NC.Cl. The summed E-state index contributed by atoms with van der Waals surface area (Å²) < 4.78 is 0. The first-order valence-electron chi connectivity index (χ1n) is 4.58. The maximum absolute atomic E-state index is 3.30. The van der Waals surface area contributed by atoms with E-state index in [-0.39, 0.29) is 12.4 Å². The number of likely N-dealkylation sites (N-methyl/N-ethyl adjacent to an activating group) is 1. The van der Waals surface area contributed by atoms with Crippen LogP contribution in [0.15, 0.2) is 30.3 Å². The Morgan fingerprint density at radius 1 is 1.23 bits per heavy atom. The van der Waals surface area contributed by atoms with Gasteiger partial charge in [-0.15, -0.1) is 12.4 Å². The molecule has 0 spiro atoms. The Hall–Kier alpha value is -0.530. The van der Waals surface area contributed by atoms with E-state index in [0.717, 1.165) is 6.42 Å².